The van der Waals surface area contributed by atoms with Crippen LogP contribution in [0.15, 0.2) is 0 Å². The molecule has 0 radical (unpaired) electrons. The van der Waals surface area contributed by atoms with E-state index in [0.29, 0.717) is 6.61 Å². The minimum Gasteiger partial charge on any atom is -1.00 e. The molecule has 0 aliphatic rings. The Hall–Kier alpha value is 0.230. The summed E-state index contributed by atoms with van der Waals surface area (Å²) in [6.45, 7) is 2.25. The van der Waals surface area contributed by atoms with E-state index >= 15 is 0 Å². The van der Waals surface area contributed by atoms with Crippen LogP contribution in [0, 0.1) is 0 Å². The van der Waals surface area contributed by atoms with Gasteiger partial charge in [0.15, 0.2) is 0 Å². The minimum absolute atomic E-state index is 0. The summed E-state index contributed by atoms with van der Waals surface area (Å²) in [4.78, 5) is 8.56. The Morgan fingerprint density at radius 1 is 1.56 bits per heavy atom. The first-order chi connectivity index (χ1) is 3.65. The summed E-state index contributed by atoms with van der Waals surface area (Å²) in [6, 6.07) is 0. The Bertz CT molecular complexity index is 55.2. The summed E-state index contributed by atoms with van der Waals surface area (Å²) in [5, 5.41) is 21.8. The van der Waals surface area contributed by atoms with E-state index in [2.05, 4.69) is 0 Å². The van der Waals surface area contributed by atoms with Crippen LogP contribution >= 0.6 is 0 Å². The minimum atomic E-state index is -1.83. The normalized spacial score (nSPS) is 6.00. The topological polar surface area (TPSA) is 77.8 Å². The fraction of sp³-hybridized carbons (Fsp3) is 0.750. The Labute approximate surface area is 77.3 Å². The van der Waals surface area contributed by atoms with E-state index in [0.717, 1.165) is 6.42 Å². The van der Waals surface area contributed by atoms with E-state index in [1.54, 1.807) is 0 Å². The van der Waals surface area contributed by atoms with Crippen molar-refractivity contribution in [2.45, 2.75) is 13.3 Å². The third kappa shape index (κ3) is 211. The maximum absolute atomic E-state index is 8.56. The molecule has 0 fully saturated rings. The standard InChI is InChI=1S/C3H8O.CH2O3.Na.H/c1-2-3-4;2-1(3)4;;/h4H,2-3H2,1H3;(H2,2,3,4);;/q;;+1;-1. The first kappa shape index (κ1) is 16.1. The average molecular weight is 146 g/mol. The van der Waals surface area contributed by atoms with Crippen LogP contribution in [0.2, 0.25) is 0 Å². The third-order valence-electron chi connectivity index (χ3n) is 0.224. The number of rotatable bonds is 1. The summed E-state index contributed by atoms with van der Waals surface area (Å²) in [7, 11) is 0. The van der Waals surface area contributed by atoms with Gasteiger partial charge in [0, 0.05) is 6.61 Å². The molecular formula is C4H11NaO4. The van der Waals surface area contributed by atoms with Crippen molar-refractivity contribution in [3.05, 3.63) is 0 Å². The SMILES string of the molecule is CCCO.O=C(O)O.[H-].[Na+]. The van der Waals surface area contributed by atoms with Crippen molar-refractivity contribution >= 4 is 6.16 Å². The number of carboxylic acid groups (broad SMARTS) is 2. The van der Waals surface area contributed by atoms with E-state index < -0.39 is 6.16 Å². The first-order valence-corrected chi connectivity index (χ1v) is 2.17. The molecule has 0 aliphatic heterocycles. The Morgan fingerprint density at radius 2 is 1.67 bits per heavy atom. The number of aliphatic hydroxyl groups excluding tert-OH is 1. The molecule has 0 saturated carbocycles. The molecule has 9 heavy (non-hydrogen) atoms. The van der Waals surface area contributed by atoms with Gasteiger partial charge in [0.2, 0.25) is 0 Å². The molecule has 4 nitrogen and oxygen atoms in total. The monoisotopic (exact) mass is 146 g/mol. The smallest absolute Gasteiger partial charge is 1.00 e. The van der Waals surface area contributed by atoms with E-state index in [4.69, 9.17) is 20.1 Å². The predicted octanol–water partition coefficient (Wildman–Crippen LogP) is -2.27. The van der Waals surface area contributed by atoms with Crippen LogP contribution in [0.1, 0.15) is 14.8 Å². The van der Waals surface area contributed by atoms with Gasteiger partial charge in [-0.1, -0.05) is 6.92 Å². The van der Waals surface area contributed by atoms with Crippen molar-refractivity contribution in [3.8, 4) is 0 Å². The molecule has 0 bridgehead atoms. The van der Waals surface area contributed by atoms with Crippen molar-refractivity contribution < 1.29 is 51.1 Å². The van der Waals surface area contributed by atoms with Gasteiger partial charge in [0.1, 0.15) is 0 Å². The van der Waals surface area contributed by atoms with Crippen molar-refractivity contribution in [2.24, 2.45) is 0 Å². The Morgan fingerprint density at radius 3 is 1.67 bits per heavy atom. The predicted molar refractivity (Wildman–Crippen MR) is 29.1 cm³/mol. The molecule has 0 saturated heterocycles. The van der Waals surface area contributed by atoms with Gasteiger partial charge in [-0.15, -0.1) is 0 Å². The van der Waals surface area contributed by atoms with Crippen LogP contribution in [0.5, 0.6) is 0 Å². The molecular weight excluding hydrogens is 135 g/mol. The third-order valence-corrected chi connectivity index (χ3v) is 0.224. The van der Waals surface area contributed by atoms with Crippen molar-refractivity contribution in [3.63, 3.8) is 0 Å². The number of hydrogen-bond acceptors (Lipinski definition) is 2. The first-order valence-electron chi connectivity index (χ1n) is 2.17. The average Bonchev–Trinajstić information content (AvgIpc) is 1.65. The molecule has 0 spiro atoms. The summed E-state index contributed by atoms with van der Waals surface area (Å²) < 4.78 is 0. The van der Waals surface area contributed by atoms with Crippen LogP contribution in [0.3, 0.4) is 0 Å². The largest absolute Gasteiger partial charge is 1.00 e. The van der Waals surface area contributed by atoms with Crippen molar-refractivity contribution in [1.29, 1.82) is 0 Å². The molecule has 5 heteroatoms. The summed E-state index contributed by atoms with van der Waals surface area (Å²) in [5.41, 5.74) is 0. The maximum atomic E-state index is 8.56. The molecule has 0 atom stereocenters. The second kappa shape index (κ2) is 15.7. The fourth-order valence-electron chi connectivity index (χ4n) is 0. The fourth-order valence-corrected chi connectivity index (χ4v) is 0. The van der Waals surface area contributed by atoms with Gasteiger partial charge in [-0.25, -0.2) is 4.79 Å². The van der Waals surface area contributed by atoms with Crippen LogP contribution in [0.4, 0.5) is 4.79 Å². The molecule has 52 valence electrons. The van der Waals surface area contributed by atoms with Crippen LogP contribution < -0.4 is 29.6 Å². The zero-order valence-corrected chi connectivity index (χ0v) is 7.66. The molecule has 0 amide bonds. The van der Waals surface area contributed by atoms with E-state index in [-0.39, 0.29) is 31.0 Å². The quantitative estimate of drug-likeness (QED) is 0.364. The van der Waals surface area contributed by atoms with Gasteiger partial charge in [0.05, 0.1) is 0 Å². The zero-order chi connectivity index (χ0) is 6.99. The molecule has 0 aliphatic carbocycles. The number of carbonyl (C=O) groups is 1. The van der Waals surface area contributed by atoms with E-state index in [9.17, 15) is 0 Å². The second-order valence-corrected chi connectivity index (χ2v) is 1.01. The maximum Gasteiger partial charge on any atom is 1.00 e. The summed E-state index contributed by atoms with van der Waals surface area (Å²) in [5.74, 6) is 0. The van der Waals surface area contributed by atoms with Crippen LogP contribution in [-0.2, 0) is 0 Å². The van der Waals surface area contributed by atoms with E-state index in [1.165, 1.54) is 0 Å². The molecule has 0 aromatic carbocycles. The van der Waals surface area contributed by atoms with Crippen molar-refractivity contribution in [1.82, 2.24) is 0 Å². The number of aliphatic hydroxyl groups is 1. The zero-order valence-electron chi connectivity index (χ0n) is 6.66. The van der Waals surface area contributed by atoms with Gasteiger partial charge in [-0.05, 0) is 6.42 Å². The molecule has 3 N–H and O–H groups in total. The van der Waals surface area contributed by atoms with Gasteiger partial charge in [-0.2, -0.15) is 0 Å². The summed E-state index contributed by atoms with van der Waals surface area (Å²) in [6.07, 6.45) is -0.958. The van der Waals surface area contributed by atoms with Gasteiger partial charge >= 0.3 is 35.7 Å². The second-order valence-electron chi connectivity index (χ2n) is 1.01. The molecule has 0 heterocycles. The summed E-state index contributed by atoms with van der Waals surface area (Å²) >= 11 is 0. The van der Waals surface area contributed by atoms with Gasteiger partial charge in [0.25, 0.3) is 0 Å². The molecule has 0 rings (SSSR count). The van der Waals surface area contributed by atoms with Crippen LogP contribution in [0.25, 0.3) is 0 Å². The van der Waals surface area contributed by atoms with Gasteiger partial charge < -0.3 is 16.7 Å². The van der Waals surface area contributed by atoms with Crippen molar-refractivity contribution in [2.75, 3.05) is 6.61 Å². The van der Waals surface area contributed by atoms with Gasteiger partial charge in [-0.3, -0.25) is 0 Å². The Kier molecular flexibility index (Phi) is 28.1. The van der Waals surface area contributed by atoms with E-state index in [1.807, 2.05) is 6.92 Å². The molecule has 0 aromatic rings. The van der Waals surface area contributed by atoms with Crippen LogP contribution in [-0.4, -0.2) is 28.1 Å². The Balaban J connectivity index is -0.0000000300. The molecule has 0 unspecified atom stereocenters. The molecule has 0 aromatic heterocycles. The number of hydrogen-bond donors (Lipinski definition) is 3.